The number of carbonyl (C=O) groups excluding carboxylic acids is 1. The van der Waals surface area contributed by atoms with Crippen LogP contribution in [0.5, 0.6) is 11.5 Å². The van der Waals surface area contributed by atoms with Gasteiger partial charge in [0.2, 0.25) is 0 Å². The Labute approximate surface area is 104 Å². The van der Waals surface area contributed by atoms with E-state index < -0.39 is 5.24 Å². The first kappa shape index (κ1) is 13.1. The highest BCUT2D eigenvalue weighted by atomic mass is 35.5. The molecule has 1 rings (SSSR count). The first-order valence-electron chi connectivity index (χ1n) is 4.75. The first-order valence-corrected chi connectivity index (χ1v) is 5.67. The molecule has 88 valence electrons. The van der Waals surface area contributed by atoms with Crippen LogP contribution in [-0.2, 0) is 0 Å². The molecular formula is C11H12Cl2O3. The van der Waals surface area contributed by atoms with Crippen LogP contribution >= 0.6 is 23.2 Å². The first-order chi connectivity index (χ1) is 7.69. The van der Waals surface area contributed by atoms with Crippen LogP contribution in [-0.4, -0.2) is 24.8 Å². The Bertz CT molecular complexity index is 366. The summed E-state index contributed by atoms with van der Waals surface area (Å²) in [4.78, 5) is 10.9. The van der Waals surface area contributed by atoms with Crippen molar-refractivity contribution in [3.63, 3.8) is 0 Å². The minimum absolute atomic E-state index is 0.378. The lowest BCUT2D eigenvalue weighted by Crippen LogP contribution is -2.01. The number of hydrogen-bond acceptors (Lipinski definition) is 3. The number of methoxy groups -OCH3 is 1. The smallest absolute Gasteiger partial charge is 0.252 e. The van der Waals surface area contributed by atoms with Gasteiger partial charge in [-0.05, 0) is 36.2 Å². The Balaban J connectivity index is 2.80. The molecule has 0 atom stereocenters. The zero-order valence-corrected chi connectivity index (χ0v) is 10.3. The van der Waals surface area contributed by atoms with Gasteiger partial charge in [-0.2, -0.15) is 0 Å². The average molecular weight is 263 g/mol. The van der Waals surface area contributed by atoms with E-state index in [1.165, 1.54) is 7.11 Å². The maximum absolute atomic E-state index is 10.9. The Hall–Kier alpha value is -0.930. The van der Waals surface area contributed by atoms with E-state index >= 15 is 0 Å². The molecule has 1 aromatic rings. The van der Waals surface area contributed by atoms with E-state index in [-0.39, 0.29) is 0 Å². The van der Waals surface area contributed by atoms with Crippen LogP contribution in [0.4, 0.5) is 0 Å². The van der Waals surface area contributed by atoms with Crippen molar-refractivity contribution in [2.24, 2.45) is 0 Å². The zero-order valence-electron chi connectivity index (χ0n) is 8.83. The van der Waals surface area contributed by atoms with E-state index in [1.54, 1.807) is 18.2 Å². The van der Waals surface area contributed by atoms with Crippen LogP contribution in [0.15, 0.2) is 18.2 Å². The summed E-state index contributed by atoms with van der Waals surface area (Å²) in [6.07, 6.45) is 0.751. The van der Waals surface area contributed by atoms with Gasteiger partial charge < -0.3 is 9.47 Å². The number of rotatable bonds is 6. The standard InChI is InChI=1S/C11H12Cl2O3/c1-15-10-7-8(11(13)14)3-4-9(10)16-6-2-5-12/h3-4,7H,2,5-6H2,1H3. The van der Waals surface area contributed by atoms with Gasteiger partial charge in [0.15, 0.2) is 11.5 Å². The molecule has 0 aliphatic carbocycles. The molecule has 0 heterocycles. The number of hydrogen-bond donors (Lipinski definition) is 0. The van der Waals surface area contributed by atoms with Crippen molar-refractivity contribution < 1.29 is 14.3 Å². The van der Waals surface area contributed by atoms with E-state index in [1.807, 2.05) is 0 Å². The van der Waals surface area contributed by atoms with E-state index in [0.29, 0.717) is 29.5 Å². The third-order valence-electron chi connectivity index (χ3n) is 1.93. The van der Waals surface area contributed by atoms with Crippen molar-refractivity contribution in [3.8, 4) is 11.5 Å². The van der Waals surface area contributed by atoms with Gasteiger partial charge >= 0.3 is 0 Å². The molecule has 0 aliphatic heterocycles. The van der Waals surface area contributed by atoms with Gasteiger partial charge in [-0.3, -0.25) is 4.79 Å². The molecule has 0 N–H and O–H groups in total. The molecule has 0 bridgehead atoms. The molecule has 0 unspecified atom stereocenters. The fourth-order valence-electron chi connectivity index (χ4n) is 1.15. The maximum atomic E-state index is 10.9. The fourth-order valence-corrected chi connectivity index (χ4v) is 1.37. The topological polar surface area (TPSA) is 35.5 Å². The van der Waals surface area contributed by atoms with Gasteiger partial charge in [0.05, 0.1) is 13.7 Å². The monoisotopic (exact) mass is 262 g/mol. The molecule has 16 heavy (non-hydrogen) atoms. The highest BCUT2D eigenvalue weighted by Crippen LogP contribution is 2.28. The summed E-state index contributed by atoms with van der Waals surface area (Å²) in [7, 11) is 1.51. The highest BCUT2D eigenvalue weighted by Gasteiger charge is 2.09. The van der Waals surface area contributed by atoms with E-state index in [4.69, 9.17) is 32.7 Å². The van der Waals surface area contributed by atoms with Gasteiger partial charge in [-0.15, -0.1) is 11.6 Å². The number of halogens is 2. The molecular weight excluding hydrogens is 251 g/mol. The van der Waals surface area contributed by atoms with Gasteiger partial charge in [-0.1, -0.05) is 0 Å². The quantitative estimate of drug-likeness (QED) is 0.449. The molecule has 0 saturated carbocycles. The molecule has 0 aromatic heterocycles. The largest absolute Gasteiger partial charge is 0.493 e. The Morgan fingerprint density at radius 2 is 2.12 bits per heavy atom. The Morgan fingerprint density at radius 3 is 2.69 bits per heavy atom. The summed E-state index contributed by atoms with van der Waals surface area (Å²) in [6, 6.07) is 4.79. The van der Waals surface area contributed by atoms with Gasteiger partial charge in [0.1, 0.15) is 0 Å². The molecule has 0 spiro atoms. The lowest BCUT2D eigenvalue weighted by Gasteiger charge is -2.10. The summed E-state index contributed by atoms with van der Waals surface area (Å²) >= 11 is 10.9. The predicted molar refractivity (Wildman–Crippen MR) is 64.0 cm³/mol. The lowest BCUT2D eigenvalue weighted by molar-refractivity contribution is 0.108. The molecule has 0 radical (unpaired) electrons. The lowest BCUT2D eigenvalue weighted by atomic mass is 10.2. The highest BCUT2D eigenvalue weighted by molar-refractivity contribution is 6.67. The van der Waals surface area contributed by atoms with Crippen molar-refractivity contribution in [2.75, 3.05) is 19.6 Å². The fraction of sp³-hybridized carbons (Fsp3) is 0.364. The van der Waals surface area contributed by atoms with E-state index in [0.717, 1.165) is 6.42 Å². The summed E-state index contributed by atoms with van der Waals surface area (Å²) in [5, 5.41) is -0.523. The molecule has 0 aliphatic rings. The van der Waals surface area contributed by atoms with Crippen LogP contribution in [0.25, 0.3) is 0 Å². The van der Waals surface area contributed by atoms with Crippen molar-refractivity contribution in [1.29, 1.82) is 0 Å². The molecule has 0 saturated heterocycles. The summed E-state index contributed by atoms with van der Waals surface area (Å²) < 4.78 is 10.5. The van der Waals surface area contributed by atoms with Crippen LogP contribution in [0.3, 0.4) is 0 Å². The molecule has 3 nitrogen and oxygen atoms in total. The second-order valence-corrected chi connectivity index (χ2v) is 3.75. The SMILES string of the molecule is COc1cc(C(=O)Cl)ccc1OCCCCl. The van der Waals surface area contributed by atoms with Gasteiger partial charge in [-0.25, -0.2) is 0 Å². The minimum atomic E-state index is -0.523. The average Bonchev–Trinajstić information content (AvgIpc) is 2.29. The van der Waals surface area contributed by atoms with Crippen LogP contribution in [0.1, 0.15) is 16.8 Å². The summed E-state index contributed by atoms with van der Waals surface area (Å²) in [5.41, 5.74) is 0.378. The zero-order chi connectivity index (χ0) is 12.0. The number of ether oxygens (including phenoxy) is 2. The normalized spacial score (nSPS) is 9.94. The van der Waals surface area contributed by atoms with Crippen LogP contribution in [0, 0.1) is 0 Å². The van der Waals surface area contributed by atoms with Crippen LogP contribution < -0.4 is 9.47 Å². The molecule has 1 aromatic carbocycles. The third kappa shape index (κ3) is 3.58. The van der Waals surface area contributed by atoms with Crippen molar-refractivity contribution in [2.45, 2.75) is 6.42 Å². The maximum Gasteiger partial charge on any atom is 0.252 e. The molecule has 0 amide bonds. The minimum Gasteiger partial charge on any atom is -0.493 e. The summed E-state index contributed by atoms with van der Waals surface area (Å²) in [6.45, 7) is 0.508. The summed E-state index contributed by atoms with van der Waals surface area (Å²) in [5.74, 6) is 1.61. The number of carbonyl (C=O) groups is 1. The van der Waals surface area contributed by atoms with E-state index in [9.17, 15) is 4.79 Å². The van der Waals surface area contributed by atoms with Crippen LogP contribution in [0.2, 0.25) is 0 Å². The second kappa shape index (κ2) is 6.61. The molecule has 5 heteroatoms. The number of benzene rings is 1. The van der Waals surface area contributed by atoms with Crippen molar-refractivity contribution >= 4 is 28.4 Å². The van der Waals surface area contributed by atoms with Gasteiger partial charge in [0.25, 0.3) is 5.24 Å². The van der Waals surface area contributed by atoms with Gasteiger partial charge in [0, 0.05) is 11.4 Å². The number of alkyl halides is 1. The van der Waals surface area contributed by atoms with E-state index in [2.05, 4.69) is 0 Å². The van der Waals surface area contributed by atoms with Crippen molar-refractivity contribution in [1.82, 2.24) is 0 Å². The Morgan fingerprint density at radius 1 is 1.38 bits per heavy atom. The Kier molecular flexibility index (Phi) is 5.43. The van der Waals surface area contributed by atoms with Crippen molar-refractivity contribution in [3.05, 3.63) is 23.8 Å². The molecule has 0 fully saturated rings. The third-order valence-corrected chi connectivity index (χ3v) is 2.41. The second-order valence-electron chi connectivity index (χ2n) is 3.03. The predicted octanol–water partition coefficient (Wildman–Crippen LogP) is 3.08.